The summed E-state index contributed by atoms with van der Waals surface area (Å²) in [7, 11) is 0. The van der Waals surface area contributed by atoms with E-state index >= 15 is 0 Å². The average Bonchev–Trinajstić information content (AvgIpc) is 2.94. The number of carbonyl (C=O) groups excluding carboxylic acids is 1. The molecule has 3 atom stereocenters. The number of hydrogen-bond acceptors (Lipinski definition) is 2. The summed E-state index contributed by atoms with van der Waals surface area (Å²) >= 11 is 0. The van der Waals surface area contributed by atoms with Crippen LogP contribution in [0.3, 0.4) is 0 Å². The second-order valence-electron chi connectivity index (χ2n) is 5.91. The molecule has 0 radical (unpaired) electrons. The molecule has 1 heterocycles. The zero-order valence-corrected chi connectivity index (χ0v) is 10.9. The molecule has 3 nitrogen and oxygen atoms in total. The van der Waals surface area contributed by atoms with E-state index in [1.165, 1.54) is 25.7 Å². The van der Waals surface area contributed by atoms with Crippen molar-refractivity contribution in [1.82, 2.24) is 4.98 Å². The predicted octanol–water partition coefficient (Wildman–Crippen LogP) is 3.15. The van der Waals surface area contributed by atoms with Crippen LogP contribution >= 0.6 is 0 Å². The summed E-state index contributed by atoms with van der Waals surface area (Å²) in [6, 6.07) is 3.84. The Morgan fingerprint density at radius 1 is 1.39 bits per heavy atom. The van der Waals surface area contributed by atoms with Crippen molar-refractivity contribution in [2.45, 2.75) is 39.0 Å². The van der Waals surface area contributed by atoms with E-state index in [0.29, 0.717) is 18.2 Å². The summed E-state index contributed by atoms with van der Waals surface area (Å²) < 4.78 is 0. The van der Waals surface area contributed by atoms with Crippen molar-refractivity contribution < 1.29 is 4.79 Å². The molecule has 1 N–H and O–H groups in total. The van der Waals surface area contributed by atoms with Gasteiger partial charge in [-0.1, -0.05) is 12.5 Å². The van der Waals surface area contributed by atoms with Crippen molar-refractivity contribution in [2.75, 3.05) is 5.32 Å². The van der Waals surface area contributed by atoms with E-state index in [0.717, 1.165) is 17.4 Å². The van der Waals surface area contributed by atoms with Gasteiger partial charge in [-0.05, 0) is 55.6 Å². The third kappa shape index (κ3) is 2.40. The Morgan fingerprint density at radius 3 is 2.89 bits per heavy atom. The van der Waals surface area contributed by atoms with Gasteiger partial charge in [0.15, 0.2) is 0 Å². The fourth-order valence-electron chi connectivity index (χ4n) is 3.60. The molecule has 2 aliphatic rings. The van der Waals surface area contributed by atoms with Crippen molar-refractivity contribution in [3.05, 3.63) is 23.9 Å². The predicted molar refractivity (Wildman–Crippen MR) is 71.2 cm³/mol. The van der Waals surface area contributed by atoms with Gasteiger partial charge in [-0.25, -0.2) is 4.98 Å². The fraction of sp³-hybridized carbons (Fsp3) is 0.600. The number of aromatic nitrogens is 1. The minimum atomic E-state index is 0.129. The van der Waals surface area contributed by atoms with Gasteiger partial charge in [0.25, 0.3) is 0 Å². The quantitative estimate of drug-likeness (QED) is 0.887. The summed E-state index contributed by atoms with van der Waals surface area (Å²) in [5.41, 5.74) is 1.11. The molecule has 1 amide bonds. The lowest BCUT2D eigenvalue weighted by Crippen LogP contribution is -2.20. The molecule has 1 aromatic heterocycles. The lowest BCUT2D eigenvalue weighted by molar-refractivity contribution is -0.117. The highest BCUT2D eigenvalue weighted by atomic mass is 16.1. The third-order valence-electron chi connectivity index (χ3n) is 4.51. The highest BCUT2D eigenvalue weighted by Gasteiger charge is 2.40. The van der Waals surface area contributed by atoms with E-state index < -0.39 is 0 Å². The van der Waals surface area contributed by atoms with Crippen LogP contribution in [0.25, 0.3) is 0 Å². The minimum Gasteiger partial charge on any atom is -0.311 e. The molecular weight excluding hydrogens is 224 g/mol. The van der Waals surface area contributed by atoms with E-state index in [9.17, 15) is 4.79 Å². The van der Waals surface area contributed by atoms with Crippen molar-refractivity contribution >= 4 is 11.7 Å². The maximum absolute atomic E-state index is 12.0. The number of carbonyl (C=O) groups is 1. The molecule has 96 valence electrons. The number of hydrogen-bond donors (Lipinski definition) is 1. The molecule has 0 saturated heterocycles. The molecule has 2 fully saturated rings. The molecule has 1 aromatic rings. The second kappa shape index (κ2) is 4.71. The third-order valence-corrected chi connectivity index (χ3v) is 4.51. The van der Waals surface area contributed by atoms with Crippen LogP contribution in [-0.4, -0.2) is 10.9 Å². The zero-order chi connectivity index (χ0) is 12.5. The van der Waals surface area contributed by atoms with Crippen molar-refractivity contribution in [1.29, 1.82) is 0 Å². The smallest absolute Gasteiger partial charge is 0.225 e. The number of nitrogens with zero attached hydrogens (tertiary/aromatic N) is 1. The summed E-state index contributed by atoms with van der Waals surface area (Å²) in [5.74, 6) is 3.14. The average molecular weight is 244 g/mol. The minimum absolute atomic E-state index is 0.129. The maximum Gasteiger partial charge on any atom is 0.225 e. The highest BCUT2D eigenvalue weighted by Crippen LogP contribution is 2.49. The fourth-order valence-corrected chi connectivity index (χ4v) is 3.60. The summed E-state index contributed by atoms with van der Waals surface area (Å²) in [6.07, 6.45) is 7.82. The van der Waals surface area contributed by atoms with E-state index in [1.807, 2.05) is 19.1 Å². The standard InChI is InChI=1S/C15H20N2O/c1-10-2-5-14(16-9-10)17-15(18)8-13-7-11-3-4-12(13)6-11/h2,5,9,11-13H,3-4,6-8H2,1H3,(H,16,17,18). The molecule has 3 unspecified atom stereocenters. The Labute approximate surface area is 108 Å². The monoisotopic (exact) mass is 244 g/mol. The lowest BCUT2D eigenvalue weighted by atomic mass is 9.86. The Balaban J connectivity index is 1.54. The van der Waals surface area contributed by atoms with E-state index in [4.69, 9.17) is 0 Å². The van der Waals surface area contributed by atoms with Gasteiger partial charge in [-0.15, -0.1) is 0 Å². The van der Waals surface area contributed by atoms with Crippen LogP contribution in [0.1, 0.15) is 37.7 Å². The van der Waals surface area contributed by atoms with Crippen LogP contribution in [0.15, 0.2) is 18.3 Å². The Hall–Kier alpha value is -1.38. The molecule has 0 spiro atoms. The van der Waals surface area contributed by atoms with Crippen molar-refractivity contribution in [3.63, 3.8) is 0 Å². The largest absolute Gasteiger partial charge is 0.311 e. The van der Waals surface area contributed by atoms with Gasteiger partial charge in [0.05, 0.1) is 0 Å². The first kappa shape index (κ1) is 11.7. The van der Waals surface area contributed by atoms with E-state index in [1.54, 1.807) is 6.20 Å². The lowest BCUT2D eigenvalue weighted by Gasteiger charge is -2.20. The van der Waals surface area contributed by atoms with Crippen LogP contribution in [0, 0.1) is 24.7 Å². The number of aryl methyl sites for hydroxylation is 1. The van der Waals surface area contributed by atoms with Gasteiger partial charge in [-0.2, -0.15) is 0 Å². The van der Waals surface area contributed by atoms with Crippen molar-refractivity contribution in [3.8, 4) is 0 Å². The first-order chi connectivity index (χ1) is 8.70. The first-order valence-corrected chi connectivity index (χ1v) is 6.93. The number of fused-ring (bicyclic) bond motifs is 2. The van der Waals surface area contributed by atoms with Gasteiger partial charge in [0.2, 0.25) is 5.91 Å². The normalized spacial score (nSPS) is 29.5. The molecule has 2 saturated carbocycles. The molecule has 3 heteroatoms. The molecular formula is C15H20N2O. The molecule has 2 bridgehead atoms. The Bertz CT molecular complexity index is 440. The number of rotatable bonds is 3. The molecule has 3 rings (SSSR count). The zero-order valence-electron chi connectivity index (χ0n) is 10.9. The van der Waals surface area contributed by atoms with E-state index in [-0.39, 0.29) is 5.91 Å². The van der Waals surface area contributed by atoms with Gasteiger partial charge in [-0.3, -0.25) is 4.79 Å². The maximum atomic E-state index is 12.0. The summed E-state index contributed by atoms with van der Waals surface area (Å²) in [4.78, 5) is 16.2. The highest BCUT2D eigenvalue weighted by molar-refractivity contribution is 5.89. The number of pyridine rings is 1. The van der Waals surface area contributed by atoms with Crippen LogP contribution in [-0.2, 0) is 4.79 Å². The van der Waals surface area contributed by atoms with Gasteiger partial charge < -0.3 is 5.32 Å². The molecule has 2 aliphatic carbocycles. The SMILES string of the molecule is Cc1ccc(NC(=O)CC2CC3CCC2C3)nc1. The van der Waals surface area contributed by atoms with Crippen LogP contribution in [0.5, 0.6) is 0 Å². The van der Waals surface area contributed by atoms with Crippen LogP contribution in [0.4, 0.5) is 5.82 Å². The summed E-state index contributed by atoms with van der Waals surface area (Å²) in [6.45, 7) is 1.99. The number of anilines is 1. The topological polar surface area (TPSA) is 42.0 Å². The van der Waals surface area contributed by atoms with Gasteiger partial charge in [0.1, 0.15) is 5.82 Å². The van der Waals surface area contributed by atoms with Crippen LogP contribution in [0.2, 0.25) is 0 Å². The molecule has 0 aromatic carbocycles. The second-order valence-corrected chi connectivity index (χ2v) is 5.91. The van der Waals surface area contributed by atoms with Crippen LogP contribution < -0.4 is 5.32 Å². The van der Waals surface area contributed by atoms with Gasteiger partial charge >= 0.3 is 0 Å². The Kier molecular flexibility index (Phi) is 3.06. The van der Waals surface area contributed by atoms with Gasteiger partial charge in [0, 0.05) is 12.6 Å². The Morgan fingerprint density at radius 2 is 2.28 bits per heavy atom. The number of amides is 1. The molecule has 18 heavy (non-hydrogen) atoms. The van der Waals surface area contributed by atoms with E-state index in [2.05, 4.69) is 10.3 Å². The van der Waals surface area contributed by atoms with Crippen molar-refractivity contribution in [2.24, 2.45) is 17.8 Å². The summed E-state index contributed by atoms with van der Waals surface area (Å²) in [5, 5.41) is 2.91. The molecule has 0 aliphatic heterocycles. The first-order valence-electron chi connectivity index (χ1n) is 6.93. The number of nitrogens with one attached hydrogen (secondary N) is 1.